The Kier molecular flexibility index (Phi) is 4.43. The molecule has 6 nitrogen and oxygen atoms in total. The zero-order chi connectivity index (χ0) is 16.4. The molecule has 2 heterocycles. The minimum atomic E-state index is -0.121. The fourth-order valence-corrected chi connectivity index (χ4v) is 2.87. The highest BCUT2D eigenvalue weighted by molar-refractivity contribution is 5.92. The van der Waals surface area contributed by atoms with Gasteiger partial charge in [-0.1, -0.05) is 11.2 Å². The molecule has 3 rings (SSSR count). The summed E-state index contributed by atoms with van der Waals surface area (Å²) in [6, 6.07) is 3.75. The summed E-state index contributed by atoms with van der Waals surface area (Å²) in [6.45, 7) is 2.70. The van der Waals surface area contributed by atoms with Crippen LogP contribution in [-0.2, 0) is 19.4 Å². The molecular formula is C17H22N4O2. The summed E-state index contributed by atoms with van der Waals surface area (Å²) in [5.74, 6) is 0.838. The minimum absolute atomic E-state index is 0.0958. The Bertz CT molecular complexity index is 691. The standard InChI is InChI=1S/C17H22N4O2/c1-11-4-6-14(18-9-11)17(22)19-12-5-7-16-13(8-12)15(20-23-16)10-21(2)3/h4,6,9,12H,5,7-8,10H2,1-3H3,(H,19,22). The number of hydrogen-bond acceptors (Lipinski definition) is 5. The predicted molar refractivity (Wildman–Crippen MR) is 86.1 cm³/mol. The fraction of sp³-hybridized carbons (Fsp3) is 0.471. The van der Waals surface area contributed by atoms with Crippen molar-refractivity contribution in [3.8, 4) is 0 Å². The number of carbonyl (C=O) groups excluding carboxylic acids is 1. The largest absolute Gasteiger partial charge is 0.361 e. The van der Waals surface area contributed by atoms with E-state index in [1.165, 1.54) is 0 Å². The molecule has 1 amide bonds. The van der Waals surface area contributed by atoms with Gasteiger partial charge in [-0.05, 0) is 45.5 Å². The first-order valence-electron chi connectivity index (χ1n) is 7.87. The van der Waals surface area contributed by atoms with Gasteiger partial charge in [0.1, 0.15) is 17.1 Å². The van der Waals surface area contributed by atoms with Gasteiger partial charge >= 0.3 is 0 Å². The summed E-state index contributed by atoms with van der Waals surface area (Å²) in [5, 5.41) is 7.26. The first-order chi connectivity index (χ1) is 11.0. The first-order valence-corrected chi connectivity index (χ1v) is 7.87. The number of nitrogens with zero attached hydrogens (tertiary/aromatic N) is 3. The molecule has 0 saturated heterocycles. The van der Waals surface area contributed by atoms with E-state index in [0.29, 0.717) is 5.69 Å². The maximum absolute atomic E-state index is 12.3. The molecule has 1 N–H and O–H groups in total. The molecule has 0 bridgehead atoms. The number of amides is 1. The first kappa shape index (κ1) is 15.7. The van der Waals surface area contributed by atoms with Crippen LogP contribution >= 0.6 is 0 Å². The van der Waals surface area contributed by atoms with Crippen LogP contribution < -0.4 is 5.32 Å². The highest BCUT2D eigenvalue weighted by Gasteiger charge is 2.27. The molecule has 0 fully saturated rings. The number of hydrogen-bond donors (Lipinski definition) is 1. The van der Waals surface area contributed by atoms with E-state index in [4.69, 9.17) is 4.52 Å². The Labute approximate surface area is 135 Å². The number of rotatable bonds is 4. The van der Waals surface area contributed by atoms with Crippen molar-refractivity contribution in [2.75, 3.05) is 14.1 Å². The molecule has 6 heteroatoms. The van der Waals surface area contributed by atoms with Gasteiger partial charge in [0.05, 0.1) is 0 Å². The molecule has 0 radical (unpaired) electrons. The highest BCUT2D eigenvalue weighted by atomic mass is 16.5. The molecule has 0 saturated carbocycles. The predicted octanol–water partition coefficient (Wildman–Crippen LogP) is 1.73. The van der Waals surface area contributed by atoms with E-state index in [0.717, 1.165) is 48.4 Å². The van der Waals surface area contributed by atoms with Crippen LogP contribution in [0.4, 0.5) is 0 Å². The lowest BCUT2D eigenvalue weighted by molar-refractivity contribution is 0.0927. The monoisotopic (exact) mass is 314 g/mol. The molecule has 0 spiro atoms. The van der Waals surface area contributed by atoms with Crippen LogP contribution in [0.2, 0.25) is 0 Å². The third kappa shape index (κ3) is 3.59. The molecule has 0 aromatic carbocycles. The van der Waals surface area contributed by atoms with E-state index in [1.807, 2.05) is 27.1 Å². The molecule has 122 valence electrons. The smallest absolute Gasteiger partial charge is 0.270 e. The zero-order valence-electron chi connectivity index (χ0n) is 13.8. The summed E-state index contributed by atoms with van der Waals surface area (Å²) in [4.78, 5) is 18.6. The van der Waals surface area contributed by atoms with Crippen molar-refractivity contribution in [1.82, 2.24) is 20.4 Å². The number of pyridine rings is 1. The maximum Gasteiger partial charge on any atom is 0.270 e. The Morgan fingerprint density at radius 3 is 2.96 bits per heavy atom. The molecule has 0 aliphatic heterocycles. The normalized spacial score (nSPS) is 17.1. The number of aromatic nitrogens is 2. The second kappa shape index (κ2) is 6.50. The van der Waals surface area contributed by atoms with Crippen molar-refractivity contribution in [2.24, 2.45) is 0 Å². The van der Waals surface area contributed by atoms with Crippen LogP contribution in [0.1, 0.15) is 39.5 Å². The molecule has 1 aliphatic carbocycles. The summed E-state index contributed by atoms with van der Waals surface area (Å²) >= 11 is 0. The van der Waals surface area contributed by atoms with Crippen molar-refractivity contribution in [1.29, 1.82) is 0 Å². The van der Waals surface area contributed by atoms with Gasteiger partial charge in [-0.3, -0.25) is 9.78 Å². The van der Waals surface area contributed by atoms with Gasteiger partial charge in [-0.25, -0.2) is 0 Å². The lowest BCUT2D eigenvalue weighted by atomic mass is 9.92. The average molecular weight is 314 g/mol. The van der Waals surface area contributed by atoms with Crippen molar-refractivity contribution in [3.63, 3.8) is 0 Å². The second-order valence-electron chi connectivity index (χ2n) is 6.40. The van der Waals surface area contributed by atoms with E-state index in [2.05, 4.69) is 20.4 Å². The fourth-order valence-electron chi connectivity index (χ4n) is 2.87. The number of aryl methyl sites for hydroxylation is 2. The number of carbonyl (C=O) groups is 1. The van der Waals surface area contributed by atoms with Gasteiger partial charge < -0.3 is 14.7 Å². The van der Waals surface area contributed by atoms with Crippen molar-refractivity contribution in [3.05, 3.63) is 46.6 Å². The van der Waals surface area contributed by atoms with Crippen LogP contribution in [0, 0.1) is 6.92 Å². The third-order valence-electron chi connectivity index (χ3n) is 4.07. The van der Waals surface area contributed by atoms with Gasteiger partial charge in [0.2, 0.25) is 0 Å². The molecular weight excluding hydrogens is 292 g/mol. The maximum atomic E-state index is 12.3. The summed E-state index contributed by atoms with van der Waals surface area (Å²) in [6.07, 6.45) is 4.14. The Balaban J connectivity index is 1.68. The third-order valence-corrected chi connectivity index (χ3v) is 4.07. The molecule has 23 heavy (non-hydrogen) atoms. The summed E-state index contributed by atoms with van der Waals surface area (Å²) in [5.41, 5.74) is 3.62. The van der Waals surface area contributed by atoms with Gasteiger partial charge in [0, 0.05) is 30.8 Å². The summed E-state index contributed by atoms with van der Waals surface area (Å²) < 4.78 is 5.44. The topological polar surface area (TPSA) is 71.3 Å². The zero-order valence-corrected chi connectivity index (χ0v) is 13.8. The lowest BCUT2D eigenvalue weighted by Gasteiger charge is -2.22. The van der Waals surface area contributed by atoms with Crippen molar-refractivity contribution >= 4 is 5.91 Å². The van der Waals surface area contributed by atoms with Gasteiger partial charge in [-0.2, -0.15) is 0 Å². The minimum Gasteiger partial charge on any atom is -0.361 e. The van der Waals surface area contributed by atoms with Crippen LogP contribution in [-0.4, -0.2) is 41.1 Å². The van der Waals surface area contributed by atoms with E-state index >= 15 is 0 Å². The number of nitrogens with one attached hydrogen (secondary N) is 1. The van der Waals surface area contributed by atoms with E-state index in [-0.39, 0.29) is 11.9 Å². The average Bonchev–Trinajstić information content (AvgIpc) is 2.90. The molecule has 1 atom stereocenters. The van der Waals surface area contributed by atoms with Gasteiger partial charge in [-0.15, -0.1) is 0 Å². The Morgan fingerprint density at radius 1 is 1.43 bits per heavy atom. The van der Waals surface area contributed by atoms with E-state index in [9.17, 15) is 4.79 Å². The SMILES string of the molecule is Cc1ccc(C(=O)NC2CCc3onc(CN(C)C)c3C2)nc1. The second-order valence-corrected chi connectivity index (χ2v) is 6.40. The van der Waals surface area contributed by atoms with E-state index < -0.39 is 0 Å². The highest BCUT2D eigenvalue weighted by Crippen LogP contribution is 2.25. The van der Waals surface area contributed by atoms with Crippen LogP contribution in [0.15, 0.2) is 22.9 Å². The lowest BCUT2D eigenvalue weighted by Crippen LogP contribution is -2.39. The van der Waals surface area contributed by atoms with Crippen molar-refractivity contribution < 1.29 is 9.32 Å². The Hall–Kier alpha value is -2.21. The quantitative estimate of drug-likeness (QED) is 0.930. The molecule has 2 aromatic heterocycles. The summed E-state index contributed by atoms with van der Waals surface area (Å²) in [7, 11) is 4.01. The molecule has 1 unspecified atom stereocenters. The molecule has 2 aromatic rings. The molecule has 1 aliphatic rings. The van der Waals surface area contributed by atoms with Gasteiger partial charge in [0.25, 0.3) is 5.91 Å². The van der Waals surface area contributed by atoms with E-state index in [1.54, 1.807) is 12.3 Å². The Morgan fingerprint density at radius 2 is 2.26 bits per heavy atom. The van der Waals surface area contributed by atoms with Crippen molar-refractivity contribution in [2.45, 2.75) is 38.8 Å². The van der Waals surface area contributed by atoms with Crippen LogP contribution in [0.3, 0.4) is 0 Å². The van der Waals surface area contributed by atoms with Crippen LogP contribution in [0.25, 0.3) is 0 Å². The van der Waals surface area contributed by atoms with Gasteiger partial charge in [0.15, 0.2) is 0 Å². The number of fused-ring (bicyclic) bond motifs is 1. The van der Waals surface area contributed by atoms with Crippen LogP contribution in [0.5, 0.6) is 0 Å².